The first kappa shape index (κ1) is 12.8. The summed E-state index contributed by atoms with van der Waals surface area (Å²) in [6, 6.07) is 10.2. The zero-order valence-electron chi connectivity index (χ0n) is 9.04. The molecule has 1 heterocycles. The van der Waals surface area contributed by atoms with Gasteiger partial charge in [0.25, 0.3) is 5.69 Å². The summed E-state index contributed by atoms with van der Waals surface area (Å²) in [5, 5.41) is 11.2. The molecule has 0 amide bonds. The number of benzene rings is 1. The number of hydrogen-bond donors (Lipinski definition) is 1. The lowest BCUT2D eigenvalue weighted by atomic mass is 10.4. The smallest absolute Gasteiger partial charge is 0.275 e. The van der Waals surface area contributed by atoms with Crippen LogP contribution in [0, 0.1) is 10.1 Å². The van der Waals surface area contributed by atoms with Crippen molar-refractivity contribution in [1.29, 1.82) is 0 Å². The Morgan fingerprint density at radius 2 is 2.11 bits per heavy atom. The van der Waals surface area contributed by atoms with Crippen molar-refractivity contribution < 1.29 is 4.92 Å². The maximum absolute atomic E-state index is 10.7. The summed E-state index contributed by atoms with van der Waals surface area (Å²) in [6.07, 6.45) is 0. The van der Waals surface area contributed by atoms with Crippen LogP contribution in [0.1, 0.15) is 0 Å². The third kappa shape index (κ3) is 3.21. The molecule has 7 heteroatoms. The van der Waals surface area contributed by atoms with E-state index in [0.29, 0.717) is 5.03 Å². The molecule has 0 atom stereocenters. The first-order valence-electron chi connectivity index (χ1n) is 4.90. The molecule has 1 aromatic carbocycles. The van der Waals surface area contributed by atoms with Crippen molar-refractivity contribution in [3.63, 3.8) is 0 Å². The highest BCUT2D eigenvalue weighted by molar-refractivity contribution is 9.10. The van der Waals surface area contributed by atoms with Gasteiger partial charge in [0.2, 0.25) is 0 Å². The molecule has 5 nitrogen and oxygen atoms in total. The first-order valence-corrected chi connectivity index (χ1v) is 6.51. The quantitative estimate of drug-likeness (QED) is 0.690. The zero-order valence-corrected chi connectivity index (χ0v) is 11.4. The van der Waals surface area contributed by atoms with E-state index in [-0.39, 0.29) is 11.5 Å². The van der Waals surface area contributed by atoms with Crippen molar-refractivity contribution in [1.82, 2.24) is 4.98 Å². The number of nitrogen functional groups attached to an aromatic ring is 1. The lowest BCUT2D eigenvalue weighted by Gasteiger charge is -2.02. The Hall–Kier alpha value is -1.60. The van der Waals surface area contributed by atoms with Crippen LogP contribution in [0.15, 0.2) is 50.8 Å². The summed E-state index contributed by atoms with van der Waals surface area (Å²) in [5.41, 5.74) is 5.49. The summed E-state index contributed by atoms with van der Waals surface area (Å²) in [6.45, 7) is 0. The standard InChI is InChI=1S/C11H8BrN3O2S/c12-7-2-1-3-9(4-7)18-11-6-8(15(16)17)5-10(13)14-11/h1-6H,(H2,13,14). The second-order valence-electron chi connectivity index (χ2n) is 3.40. The van der Waals surface area contributed by atoms with E-state index in [1.165, 1.54) is 23.9 Å². The molecule has 0 fully saturated rings. The van der Waals surface area contributed by atoms with Gasteiger partial charge in [-0.15, -0.1) is 0 Å². The number of aromatic nitrogens is 1. The molecule has 0 aliphatic heterocycles. The molecule has 0 unspecified atom stereocenters. The van der Waals surface area contributed by atoms with E-state index in [1.807, 2.05) is 24.3 Å². The SMILES string of the molecule is Nc1cc([N+](=O)[O-])cc(Sc2cccc(Br)c2)n1. The summed E-state index contributed by atoms with van der Waals surface area (Å²) in [4.78, 5) is 15.2. The number of rotatable bonds is 3. The lowest BCUT2D eigenvalue weighted by molar-refractivity contribution is -0.385. The topological polar surface area (TPSA) is 82.0 Å². The van der Waals surface area contributed by atoms with Gasteiger partial charge in [-0.1, -0.05) is 33.8 Å². The lowest BCUT2D eigenvalue weighted by Crippen LogP contribution is -1.95. The number of anilines is 1. The van der Waals surface area contributed by atoms with E-state index in [0.717, 1.165) is 9.37 Å². The van der Waals surface area contributed by atoms with Crippen LogP contribution in [-0.4, -0.2) is 9.91 Å². The highest BCUT2D eigenvalue weighted by Crippen LogP contribution is 2.30. The van der Waals surface area contributed by atoms with E-state index in [2.05, 4.69) is 20.9 Å². The Balaban J connectivity index is 2.31. The Labute approximate surface area is 116 Å². The minimum Gasteiger partial charge on any atom is -0.383 e. The first-order chi connectivity index (χ1) is 8.54. The maximum atomic E-state index is 10.7. The molecule has 2 N–H and O–H groups in total. The number of nitrogens with two attached hydrogens (primary N) is 1. The minimum atomic E-state index is -0.483. The van der Waals surface area contributed by atoms with E-state index in [4.69, 9.17) is 5.73 Å². The van der Waals surface area contributed by atoms with Crippen molar-refractivity contribution >= 4 is 39.2 Å². The largest absolute Gasteiger partial charge is 0.383 e. The van der Waals surface area contributed by atoms with E-state index >= 15 is 0 Å². The third-order valence-corrected chi connectivity index (χ3v) is 3.44. The fourth-order valence-corrected chi connectivity index (χ4v) is 2.78. The molecule has 2 rings (SSSR count). The summed E-state index contributed by atoms with van der Waals surface area (Å²) in [5.74, 6) is 0.140. The molecule has 0 saturated heterocycles. The molecular weight excluding hydrogens is 318 g/mol. The van der Waals surface area contributed by atoms with Gasteiger partial charge < -0.3 is 5.73 Å². The summed E-state index contributed by atoms with van der Waals surface area (Å²) in [7, 11) is 0. The van der Waals surface area contributed by atoms with Gasteiger partial charge >= 0.3 is 0 Å². The molecular formula is C11H8BrN3O2S. The third-order valence-electron chi connectivity index (χ3n) is 2.04. The molecule has 0 aliphatic rings. The van der Waals surface area contributed by atoms with E-state index < -0.39 is 4.92 Å². The van der Waals surface area contributed by atoms with Gasteiger partial charge in [0, 0.05) is 15.4 Å². The Morgan fingerprint density at radius 3 is 2.78 bits per heavy atom. The number of hydrogen-bond acceptors (Lipinski definition) is 5. The van der Waals surface area contributed by atoms with Crippen LogP contribution in [0.4, 0.5) is 11.5 Å². The molecule has 0 aliphatic carbocycles. The monoisotopic (exact) mass is 325 g/mol. The van der Waals surface area contributed by atoms with E-state index in [9.17, 15) is 10.1 Å². The normalized spacial score (nSPS) is 10.3. The number of nitro groups is 1. The molecule has 1 aromatic heterocycles. The van der Waals surface area contributed by atoms with Crippen LogP contribution in [0.3, 0.4) is 0 Å². The molecule has 0 bridgehead atoms. The van der Waals surface area contributed by atoms with Crippen LogP contribution >= 0.6 is 27.7 Å². The van der Waals surface area contributed by atoms with Gasteiger partial charge in [-0.25, -0.2) is 4.98 Å². The van der Waals surface area contributed by atoms with Crippen molar-refractivity contribution in [2.24, 2.45) is 0 Å². The fourth-order valence-electron chi connectivity index (χ4n) is 1.32. The number of halogens is 1. The van der Waals surface area contributed by atoms with E-state index in [1.54, 1.807) is 0 Å². The van der Waals surface area contributed by atoms with Crippen LogP contribution in [0.25, 0.3) is 0 Å². The van der Waals surface area contributed by atoms with Gasteiger partial charge in [-0.05, 0) is 18.2 Å². The van der Waals surface area contributed by atoms with Crippen LogP contribution in [0.5, 0.6) is 0 Å². The van der Waals surface area contributed by atoms with Gasteiger partial charge in [0.15, 0.2) is 0 Å². The molecule has 0 radical (unpaired) electrons. The molecule has 0 spiro atoms. The Bertz CT molecular complexity index is 607. The minimum absolute atomic E-state index is 0.0556. The van der Waals surface area contributed by atoms with Gasteiger partial charge in [0.1, 0.15) is 10.8 Å². The highest BCUT2D eigenvalue weighted by atomic mass is 79.9. The number of nitrogens with zero attached hydrogens (tertiary/aromatic N) is 2. The van der Waals surface area contributed by atoms with Crippen molar-refractivity contribution in [2.45, 2.75) is 9.92 Å². The Morgan fingerprint density at radius 1 is 1.33 bits per heavy atom. The van der Waals surface area contributed by atoms with Crippen LogP contribution < -0.4 is 5.73 Å². The predicted molar refractivity (Wildman–Crippen MR) is 73.6 cm³/mol. The van der Waals surface area contributed by atoms with Crippen LogP contribution in [-0.2, 0) is 0 Å². The van der Waals surface area contributed by atoms with Gasteiger partial charge in [0.05, 0.1) is 11.0 Å². The summed E-state index contributed by atoms with van der Waals surface area (Å²) >= 11 is 4.68. The molecule has 92 valence electrons. The summed E-state index contributed by atoms with van der Waals surface area (Å²) < 4.78 is 0.936. The average Bonchev–Trinajstić information content (AvgIpc) is 2.28. The van der Waals surface area contributed by atoms with Crippen molar-refractivity contribution in [3.8, 4) is 0 Å². The fraction of sp³-hybridized carbons (Fsp3) is 0. The molecule has 2 aromatic rings. The average molecular weight is 326 g/mol. The number of pyridine rings is 1. The highest BCUT2D eigenvalue weighted by Gasteiger charge is 2.10. The molecule has 0 saturated carbocycles. The maximum Gasteiger partial charge on any atom is 0.275 e. The molecule has 18 heavy (non-hydrogen) atoms. The second kappa shape index (κ2) is 5.36. The second-order valence-corrected chi connectivity index (χ2v) is 5.41. The predicted octanol–water partition coefficient (Wildman–Crippen LogP) is 3.49. The van der Waals surface area contributed by atoms with Crippen molar-refractivity contribution in [3.05, 3.63) is 51.0 Å². The van der Waals surface area contributed by atoms with Crippen LogP contribution in [0.2, 0.25) is 0 Å². The van der Waals surface area contributed by atoms with Gasteiger partial charge in [-0.2, -0.15) is 0 Å². The van der Waals surface area contributed by atoms with Crippen molar-refractivity contribution in [2.75, 3.05) is 5.73 Å². The Kier molecular flexibility index (Phi) is 3.83. The van der Waals surface area contributed by atoms with Gasteiger partial charge in [-0.3, -0.25) is 10.1 Å². The zero-order chi connectivity index (χ0) is 13.1.